The summed E-state index contributed by atoms with van der Waals surface area (Å²) >= 11 is 0. The summed E-state index contributed by atoms with van der Waals surface area (Å²) < 4.78 is 0. The summed E-state index contributed by atoms with van der Waals surface area (Å²) in [6.07, 6.45) is 2.70. The summed E-state index contributed by atoms with van der Waals surface area (Å²) in [4.78, 5) is 6.91. The van der Waals surface area contributed by atoms with Gasteiger partial charge in [-0.3, -0.25) is 0 Å². The Hall–Kier alpha value is -1.23. The SMILES string of the molecule is Cc1nnc(NCC(C)CN2CCCC2)nc1C. The number of aryl methyl sites for hydroxylation is 2. The monoisotopic (exact) mass is 249 g/mol. The van der Waals surface area contributed by atoms with E-state index < -0.39 is 0 Å². The van der Waals surface area contributed by atoms with Crippen LogP contribution in [0, 0.1) is 19.8 Å². The van der Waals surface area contributed by atoms with Gasteiger partial charge in [0.15, 0.2) is 0 Å². The number of hydrogen-bond acceptors (Lipinski definition) is 5. The first-order valence-corrected chi connectivity index (χ1v) is 6.79. The Morgan fingerprint density at radius 3 is 2.56 bits per heavy atom. The molecule has 1 atom stereocenters. The second-order valence-electron chi connectivity index (χ2n) is 5.30. The van der Waals surface area contributed by atoms with Crippen LogP contribution in [0.4, 0.5) is 5.95 Å². The highest BCUT2D eigenvalue weighted by Gasteiger charge is 2.14. The van der Waals surface area contributed by atoms with E-state index in [-0.39, 0.29) is 0 Å². The third-order valence-electron chi connectivity index (χ3n) is 3.47. The molecule has 0 amide bonds. The van der Waals surface area contributed by atoms with Gasteiger partial charge >= 0.3 is 0 Å². The fraction of sp³-hybridized carbons (Fsp3) is 0.769. The highest BCUT2D eigenvalue weighted by molar-refractivity contribution is 5.24. The molecule has 5 heteroatoms. The topological polar surface area (TPSA) is 53.9 Å². The molecule has 2 heterocycles. The predicted octanol–water partition coefficient (Wildman–Crippen LogP) is 1.63. The maximum Gasteiger partial charge on any atom is 0.242 e. The van der Waals surface area contributed by atoms with E-state index in [1.807, 2.05) is 13.8 Å². The van der Waals surface area contributed by atoms with Crippen LogP contribution in [0.25, 0.3) is 0 Å². The highest BCUT2D eigenvalue weighted by Crippen LogP contribution is 2.10. The molecule has 0 aliphatic carbocycles. The minimum atomic E-state index is 0.605. The van der Waals surface area contributed by atoms with Crippen molar-refractivity contribution in [1.82, 2.24) is 20.1 Å². The van der Waals surface area contributed by atoms with Crippen LogP contribution in [-0.2, 0) is 0 Å². The van der Waals surface area contributed by atoms with Crippen LogP contribution in [0.1, 0.15) is 31.2 Å². The van der Waals surface area contributed by atoms with E-state index in [9.17, 15) is 0 Å². The second kappa shape index (κ2) is 6.09. The van der Waals surface area contributed by atoms with Crippen LogP contribution in [0.3, 0.4) is 0 Å². The molecule has 1 unspecified atom stereocenters. The molecule has 1 aromatic rings. The highest BCUT2D eigenvalue weighted by atomic mass is 15.2. The van der Waals surface area contributed by atoms with E-state index in [0.717, 1.165) is 24.5 Å². The van der Waals surface area contributed by atoms with Gasteiger partial charge in [0.05, 0.1) is 11.4 Å². The first kappa shape index (κ1) is 13.2. The first-order valence-electron chi connectivity index (χ1n) is 6.79. The number of anilines is 1. The summed E-state index contributed by atoms with van der Waals surface area (Å²) in [6.45, 7) is 10.7. The van der Waals surface area contributed by atoms with Crippen LogP contribution < -0.4 is 5.32 Å². The summed E-state index contributed by atoms with van der Waals surface area (Å²) in [5.41, 5.74) is 1.84. The molecule has 1 N–H and O–H groups in total. The van der Waals surface area contributed by atoms with E-state index in [0.29, 0.717) is 11.9 Å². The molecule has 0 spiro atoms. The Morgan fingerprint density at radius 1 is 1.17 bits per heavy atom. The lowest BCUT2D eigenvalue weighted by atomic mass is 10.1. The van der Waals surface area contributed by atoms with Crippen molar-refractivity contribution in [2.24, 2.45) is 5.92 Å². The number of aromatic nitrogens is 3. The van der Waals surface area contributed by atoms with Gasteiger partial charge in [-0.1, -0.05) is 6.92 Å². The Bertz CT molecular complexity index is 387. The fourth-order valence-corrected chi connectivity index (χ4v) is 2.27. The van der Waals surface area contributed by atoms with E-state index >= 15 is 0 Å². The summed E-state index contributed by atoms with van der Waals surface area (Å²) in [6, 6.07) is 0. The molecule has 1 aliphatic heterocycles. The van der Waals surface area contributed by atoms with E-state index in [1.165, 1.54) is 25.9 Å². The van der Waals surface area contributed by atoms with Gasteiger partial charge in [0.25, 0.3) is 0 Å². The van der Waals surface area contributed by atoms with Crippen molar-refractivity contribution in [1.29, 1.82) is 0 Å². The van der Waals surface area contributed by atoms with E-state index in [2.05, 4.69) is 32.3 Å². The second-order valence-corrected chi connectivity index (χ2v) is 5.30. The van der Waals surface area contributed by atoms with Crippen LogP contribution in [0.5, 0.6) is 0 Å². The number of rotatable bonds is 5. The molecule has 5 nitrogen and oxygen atoms in total. The molecule has 0 aromatic carbocycles. The van der Waals surface area contributed by atoms with Crippen LogP contribution >= 0.6 is 0 Å². The zero-order chi connectivity index (χ0) is 13.0. The van der Waals surface area contributed by atoms with Crippen molar-refractivity contribution in [3.63, 3.8) is 0 Å². The molecule has 0 bridgehead atoms. The summed E-state index contributed by atoms with van der Waals surface area (Å²) in [7, 11) is 0. The Labute approximate surface area is 109 Å². The number of nitrogens with one attached hydrogen (secondary N) is 1. The third kappa shape index (κ3) is 3.63. The van der Waals surface area contributed by atoms with Crippen molar-refractivity contribution in [3.05, 3.63) is 11.4 Å². The van der Waals surface area contributed by atoms with Gasteiger partial charge < -0.3 is 10.2 Å². The van der Waals surface area contributed by atoms with Gasteiger partial charge in [-0.05, 0) is 45.7 Å². The van der Waals surface area contributed by atoms with Gasteiger partial charge in [-0.2, -0.15) is 5.10 Å². The molecule has 1 fully saturated rings. The molecular formula is C13H23N5. The standard InChI is InChI=1S/C13H23N5/c1-10(9-18-6-4-5-7-18)8-14-13-15-11(2)12(3)16-17-13/h10H,4-9H2,1-3H3,(H,14,15,17). The third-order valence-corrected chi connectivity index (χ3v) is 3.47. The molecule has 1 aromatic heterocycles. The van der Waals surface area contributed by atoms with Crippen LogP contribution in [0.2, 0.25) is 0 Å². The zero-order valence-corrected chi connectivity index (χ0v) is 11.6. The van der Waals surface area contributed by atoms with Gasteiger partial charge in [0.1, 0.15) is 0 Å². The molecular weight excluding hydrogens is 226 g/mol. The molecule has 100 valence electrons. The molecule has 0 saturated carbocycles. The molecule has 0 radical (unpaired) electrons. The fourth-order valence-electron chi connectivity index (χ4n) is 2.27. The van der Waals surface area contributed by atoms with Gasteiger partial charge in [0.2, 0.25) is 5.95 Å². The predicted molar refractivity (Wildman–Crippen MR) is 72.6 cm³/mol. The van der Waals surface area contributed by atoms with Crippen LogP contribution in [0.15, 0.2) is 0 Å². The van der Waals surface area contributed by atoms with Gasteiger partial charge in [-0.25, -0.2) is 4.98 Å². The largest absolute Gasteiger partial charge is 0.353 e. The number of likely N-dealkylation sites (tertiary alicyclic amines) is 1. The minimum absolute atomic E-state index is 0.605. The molecule has 1 aliphatic rings. The van der Waals surface area contributed by atoms with Crippen molar-refractivity contribution < 1.29 is 0 Å². The molecule has 1 saturated heterocycles. The quantitative estimate of drug-likeness (QED) is 0.859. The van der Waals surface area contributed by atoms with Gasteiger partial charge in [-0.15, -0.1) is 5.10 Å². The minimum Gasteiger partial charge on any atom is -0.353 e. The summed E-state index contributed by atoms with van der Waals surface area (Å²) in [5.74, 6) is 1.25. The Kier molecular flexibility index (Phi) is 4.47. The number of hydrogen-bond donors (Lipinski definition) is 1. The van der Waals surface area contributed by atoms with E-state index in [4.69, 9.17) is 0 Å². The lowest BCUT2D eigenvalue weighted by Gasteiger charge is -2.20. The Morgan fingerprint density at radius 2 is 1.89 bits per heavy atom. The van der Waals surface area contributed by atoms with Crippen LogP contribution in [-0.4, -0.2) is 46.3 Å². The summed E-state index contributed by atoms with van der Waals surface area (Å²) in [5, 5.41) is 11.4. The lowest BCUT2D eigenvalue weighted by molar-refractivity contribution is 0.294. The maximum atomic E-state index is 4.38. The van der Waals surface area contributed by atoms with Crippen molar-refractivity contribution in [2.45, 2.75) is 33.6 Å². The maximum absolute atomic E-state index is 4.38. The zero-order valence-electron chi connectivity index (χ0n) is 11.6. The smallest absolute Gasteiger partial charge is 0.242 e. The average Bonchev–Trinajstić information content (AvgIpc) is 2.83. The first-order chi connectivity index (χ1) is 8.65. The Balaban J connectivity index is 1.77. The average molecular weight is 249 g/mol. The molecule has 18 heavy (non-hydrogen) atoms. The van der Waals surface area contributed by atoms with Crippen molar-refractivity contribution in [2.75, 3.05) is 31.5 Å². The van der Waals surface area contributed by atoms with Crippen molar-refractivity contribution >= 4 is 5.95 Å². The van der Waals surface area contributed by atoms with Gasteiger partial charge in [0, 0.05) is 13.1 Å². The molecule has 2 rings (SSSR count). The number of nitrogens with zero attached hydrogens (tertiary/aromatic N) is 4. The normalized spacial score (nSPS) is 17.9. The van der Waals surface area contributed by atoms with Crippen molar-refractivity contribution in [3.8, 4) is 0 Å². The van der Waals surface area contributed by atoms with E-state index in [1.54, 1.807) is 0 Å². The lowest BCUT2D eigenvalue weighted by Crippen LogP contribution is -2.29.